The van der Waals surface area contributed by atoms with Gasteiger partial charge in [0.25, 0.3) is 0 Å². The van der Waals surface area contributed by atoms with Crippen molar-refractivity contribution in [2.24, 2.45) is 0 Å². The van der Waals surface area contributed by atoms with Gasteiger partial charge in [0.15, 0.2) is 0 Å². The normalized spacial score (nSPS) is 19.8. The van der Waals surface area contributed by atoms with Gasteiger partial charge in [-0.05, 0) is 4.92 Å². The summed E-state index contributed by atoms with van der Waals surface area (Å²) in [6.45, 7) is 0.394. The Bertz CT molecular complexity index is 424. The molecule has 88 valence electrons. The largest absolute Gasteiger partial charge is 0.473 e. The van der Waals surface area contributed by atoms with E-state index in [1.165, 1.54) is 0 Å². The number of nitrogens with zero attached hydrogens (tertiary/aromatic N) is 2. The molecule has 2 rings (SSSR count). The van der Waals surface area contributed by atoms with Crippen LogP contribution in [0.3, 0.4) is 0 Å². The number of rotatable bonds is 3. The maximum Gasteiger partial charge on any atom is 0.473 e. The summed E-state index contributed by atoms with van der Waals surface area (Å²) in [5, 5.41) is 10.5. The third-order valence-corrected chi connectivity index (χ3v) is 2.03. The number of hydrogen-bond donors (Lipinski definition) is 1. The molecule has 0 radical (unpaired) electrons. The lowest BCUT2D eigenvalue weighted by Gasteiger charge is -1.95. The van der Waals surface area contributed by atoms with Crippen molar-refractivity contribution >= 4 is 5.82 Å². The minimum Gasteiger partial charge on any atom is -0.373 e. The van der Waals surface area contributed by atoms with Crippen LogP contribution >= 0.6 is 0 Å². The van der Waals surface area contributed by atoms with E-state index in [4.69, 9.17) is 4.74 Å². The van der Waals surface area contributed by atoms with Crippen molar-refractivity contribution in [2.75, 3.05) is 6.61 Å². The first-order chi connectivity index (χ1) is 7.38. The summed E-state index contributed by atoms with van der Waals surface area (Å²) >= 11 is 0. The molecule has 1 atom stereocenters. The maximum absolute atomic E-state index is 12.3. The average molecular weight is 237 g/mol. The van der Waals surface area contributed by atoms with Gasteiger partial charge in [-0.15, -0.1) is 0 Å². The summed E-state index contributed by atoms with van der Waals surface area (Å²) < 4.78 is 41.5. The number of aromatic nitrogens is 2. The molecule has 16 heavy (non-hydrogen) atoms. The van der Waals surface area contributed by atoms with E-state index in [1.807, 2.05) is 0 Å². The van der Waals surface area contributed by atoms with Crippen molar-refractivity contribution in [3.63, 3.8) is 0 Å². The van der Waals surface area contributed by atoms with Crippen molar-refractivity contribution in [1.82, 2.24) is 9.97 Å². The third-order valence-electron chi connectivity index (χ3n) is 2.03. The molecule has 1 N–H and O–H groups in total. The first kappa shape index (κ1) is 10.9. The number of hydrogen-bond acceptors (Lipinski definition) is 4. The highest BCUT2D eigenvalue weighted by Crippen LogP contribution is 2.31. The molecule has 0 bridgehead atoms. The van der Waals surface area contributed by atoms with Crippen molar-refractivity contribution in [1.29, 1.82) is 0 Å². The van der Waals surface area contributed by atoms with E-state index >= 15 is 0 Å². The molecule has 1 aliphatic heterocycles. The molecular formula is C7H6F3N3O3. The highest BCUT2D eigenvalue weighted by Gasteiger charge is 2.41. The van der Waals surface area contributed by atoms with E-state index in [-0.39, 0.29) is 18.2 Å². The van der Waals surface area contributed by atoms with E-state index in [0.717, 1.165) is 0 Å². The van der Waals surface area contributed by atoms with Gasteiger partial charge in [0, 0.05) is 6.42 Å². The second-order valence-corrected chi connectivity index (χ2v) is 3.30. The van der Waals surface area contributed by atoms with Crippen molar-refractivity contribution in [3.8, 4) is 0 Å². The van der Waals surface area contributed by atoms with E-state index in [0.29, 0.717) is 6.61 Å². The molecule has 9 heteroatoms. The average Bonchev–Trinajstić information content (AvgIpc) is 2.80. The number of imidazole rings is 1. The molecule has 1 aliphatic rings. The van der Waals surface area contributed by atoms with Crippen LogP contribution in [0.2, 0.25) is 0 Å². The van der Waals surface area contributed by atoms with E-state index in [9.17, 15) is 23.3 Å². The third kappa shape index (κ3) is 2.13. The van der Waals surface area contributed by atoms with Crippen LogP contribution in [0.15, 0.2) is 0 Å². The summed E-state index contributed by atoms with van der Waals surface area (Å²) in [7, 11) is 0. The van der Waals surface area contributed by atoms with Crippen molar-refractivity contribution in [3.05, 3.63) is 21.6 Å². The molecule has 1 saturated heterocycles. The van der Waals surface area contributed by atoms with Crippen LogP contribution in [0.1, 0.15) is 11.5 Å². The molecule has 0 saturated carbocycles. The van der Waals surface area contributed by atoms with Crippen LogP contribution in [0, 0.1) is 10.1 Å². The molecule has 6 nitrogen and oxygen atoms in total. The summed E-state index contributed by atoms with van der Waals surface area (Å²) in [5.74, 6) is -2.07. The second kappa shape index (κ2) is 3.44. The molecular weight excluding hydrogens is 231 g/mol. The maximum atomic E-state index is 12.3. The van der Waals surface area contributed by atoms with Gasteiger partial charge in [-0.2, -0.15) is 13.2 Å². The van der Waals surface area contributed by atoms with Gasteiger partial charge in [0.2, 0.25) is 0 Å². The minimum atomic E-state index is -4.71. The quantitative estimate of drug-likeness (QED) is 0.487. The first-order valence-corrected chi connectivity index (χ1v) is 4.30. The number of H-pyrrole nitrogens is 1. The van der Waals surface area contributed by atoms with Crippen LogP contribution in [0.4, 0.5) is 19.0 Å². The Morgan fingerprint density at radius 2 is 2.25 bits per heavy atom. The minimum absolute atomic E-state index is 0.0168. The van der Waals surface area contributed by atoms with Crippen LogP contribution in [0.25, 0.3) is 0 Å². The van der Waals surface area contributed by atoms with E-state index < -0.39 is 22.7 Å². The molecule has 0 unspecified atom stereocenters. The summed E-state index contributed by atoms with van der Waals surface area (Å²) in [6.07, 6.45) is -4.96. The van der Waals surface area contributed by atoms with E-state index in [1.54, 1.807) is 4.98 Å². The Morgan fingerprint density at radius 3 is 2.69 bits per heavy atom. The van der Waals surface area contributed by atoms with E-state index in [2.05, 4.69) is 4.98 Å². The summed E-state index contributed by atoms with van der Waals surface area (Å²) in [4.78, 5) is 14.4. The highest BCUT2D eigenvalue weighted by atomic mass is 19.4. The highest BCUT2D eigenvalue weighted by molar-refractivity contribution is 5.30. The Morgan fingerprint density at radius 1 is 1.62 bits per heavy atom. The fourth-order valence-electron chi connectivity index (χ4n) is 1.23. The molecule has 0 amide bonds. The Balaban J connectivity index is 2.32. The number of nitro groups is 1. The molecule has 2 heterocycles. The van der Waals surface area contributed by atoms with Crippen LogP contribution in [-0.2, 0) is 17.3 Å². The lowest BCUT2D eigenvalue weighted by molar-refractivity contribution is -0.390. The van der Waals surface area contributed by atoms with Gasteiger partial charge in [-0.3, -0.25) is 0 Å². The van der Waals surface area contributed by atoms with Gasteiger partial charge in [-0.1, -0.05) is 0 Å². The summed E-state index contributed by atoms with van der Waals surface area (Å²) in [5.41, 5.74) is -0.222. The van der Waals surface area contributed by atoms with Crippen molar-refractivity contribution < 1.29 is 22.8 Å². The van der Waals surface area contributed by atoms with Gasteiger partial charge in [-0.25, -0.2) is 9.97 Å². The van der Waals surface area contributed by atoms with Crippen LogP contribution in [-0.4, -0.2) is 27.6 Å². The zero-order valence-corrected chi connectivity index (χ0v) is 7.74. The lowest BCUT2D eigenvalue weighted by Crippen LogP contribution is -2.07. The number of epoxide rings is 1. The van der Waals surface area contributed by atoms with Gasteiger partial charge < -0.3 is 14.9 Å². The van der Waals surface area contributed by atoms with Crippen molar-refractivity contribution in [2.45, 2.75) is 18.7 Å². The van der Waals surface area contributed by atoms with Gasteiger partial charge >= 0.3 is 17.8 Å². The smallest absolute Gasteiger partial charge is 0.373 e. The fraction of sp³-hybridized carbons (Fsp3) is 0.571. The predicted molar refractivity (Wildman–Crippen MR) is 43.7 cm³/mol. The number of nitrogens with one attached hydrogen (secondary N) is 1. The fourth-order valence-corrected chi connectivity index (χ4v) is 1.23. The predicted octanol–water partition coefficient (Wildman–Crippen LogP) is 1.28. The topological polar surface area (TPSA) is 84.3 Å². The van der Waals surface area contributed by atoms with Crippen LogP contribution < -0.4 is 0 Å². The molecule has 1 aromatic heterocycles. The Kier molecular flexibility index (Phi) is 2.34. The molecule has 0 aromatic carbocycles. The zero-order chi connectivity index (χ0) is 11.9. The number of aromatic amines is 1. The standard InChI is InChI=1S/C7H6F3N3O3/c8-7(9,10)6-11-4(1-3-2-16-3)5(12-6)13(14)15/h3H,1-2H2,(H,11,12)/t3-/m0/s1. The lowest BCUT2D eigenvalue weighted by atomic mass is 10.2. The number of ether oxygens (including phenoxy) is 1. The SMILES string of the molecule is O=[N+]([O-])c1[nH]c(C(F)(F)F)nc1C[C@H]1CO1. The molecule has 0 spiro atoms. The van der Waals surface area contributed by atoms with Crippen LogP contribution in [0.5, 0.6) is 0 Å². The first-order valence-electron chi connectivity index (χ1n) is 4.30. The zero-order valence-electron chi connectivity index (χ0n) is 7.74. The number of halogens is 3. The number of alkyl halides is 3. The molecule has 1 fully saturated rings. The van der Waals surface area contributed by atoms with Gasteiger partial charge in [0.1, 0.15) is 5.69 Å². The van der Waals surface area contributed by atoms with Gasteiger partial charge in [0.05, 0.1) is 12.7 Å². The Hall–Kier alpha value is -1.64. The summed E-state index contributed by atoms with van der Waals surface area (Å²) in [6, 6.07) is 0. The Labute approximate surface area is 86.6 Å². The molecule has 0 aliphatic carbocycles. The monoisotopic (exact) mass is 237 g/mol. The second-order valence-electron chi connectivity index (χ2n) is 3.30. The molecule has 1 aromatic rings.